The quantitative estimate of drug-likeness (QED) is 0.258. The van der Waals surface area contributed by atoms with Crippen molar-refractivity contribution >= 4 is 17.5 Å². The highest BCUT2D eigenvalue weighted by atomic mass is 16.3. The van der Waals surface area contributed by atoms with E-state index in [1.807, 2.05) is 6.92 Å². The van der Waals surface area contributed by atoms with Crippen LogP contribution in [-0.4, -0.2) is 70.8 Å². The van der Waals surface area contributed by atoms with Gasteiger partial charge in [0.2, 0.25) is 0 Å². The van der Waals surface area contributed by atoms with Crippen LogP contribution in [0.3, 0.4) is 0 Å². The summed E-state index contributed by atoms with van der Waals surface area (Å²) < 4.78 is 0. The summed E-state index contributed by atoms with van der Waals surface area (Å²) in [4.78, 5) is 25.4. The van der Waals surface area contributed by atoms with Crippen LogP contribution in [0.25, 0.3) is 0 Å². The number of benzene rings is 1. The fraction of sp³-hybridized carbons (Fsp3) is 0.556. The van der Waals surface area contributed by atoms with Crippen LogP contribution >= 0.6 is 0 Å². The number of anilines is 1. The number of aliphatic hydroxyl groups excluding tert-OH is 4. The Morgan fingerprint density at radius 2 is 1.26 bits per heavy atom. The molecule has 0 saturated carbocycles. The maximum atomic E-state index is 12.7. The van der Waals surface area contributed by atoms with Gasteiger partial charge in [0.1, 0.15) is 0 Å². The van der Waals surface area contributed by atoms with E-state index in [4.69, 9.17) is 5.73 Å². The third kappa shape index (κ3) is 4.95. The first-order valence-corrected chi connectivity index (χ1v) is 8.73. The van der Waals surface area contributed by atoms with Gasteiger partial charge in [0.05, 0.1) is 38.5 Å². The summed E-state index contributed by atoms with van der Waals surface area (Å²) in [7, 11) is 0. The second-order valence-electron chi connectivity index (χ2n) is 6.32. The van der Waals surface area contributed by atoms with Crippen LogP contribution in [0, 0.1) is 13.8 Å². The molecule has 152 valence electrons. The van der Waals surface area contributed by atoms with Crippen molar-refractivity contribution < 1.29 is 30.0 Å². The number of hydrogen-bond acceptors (Lipinski definition) is 7. The maximum absolute atomic E-state index is 12.7. The van der Waals surface area contributed by atoms with Crippen LogP contribution < -0.4 is 16.4 Å². The fourth-order valence-corrected chi connectivity index (χ4v) is 2.96. The number of nitrogens with one attached hydrogen (secondary N) is 2. The number of aliphatic hydroxyl groups is 4. The average molecular weight is 383 g/mol. The van der Waals surface area contributed by atoms with Gasteiger partial charge in [-0.25, -0.2) is 0 Å². The van der Waals surface area contributed by atoms with E-state index in [-0.39, 0.29) is 11.1 Å². The molecular formula is C18H29N3O6. The van der Waals surface area contributed by atoms with E-state index >= 15 is 0 Å². The minimum absolute atomic E-state index is 0.186. The summed E-state index contributed by atoms with van der Waals surface area (Å²) in [6, 6.07) is -1.68. The smallest absolute Gasteiger partial charge is 0.252 e. The van der Waals surface area contributed by atoms with Crippen molar-refractivity contribution in [1.82, 2.24) is 10.6 Å². The summed E-state index contributed by atoms with van der Waals surface area (Å²) in [5.74, 6) is -1.12. The highest BCUT2D eigenvalue weighted by molar-refractivity contribution is 6.06. The molecule has 0 aliphatic heterocycles. The lowest BCUT2D eigenvalue weighted by molar-refractivity contribution is 0.0875. The van der Waals surface area contributed by atoms with E-state index in [0.717, 1.165) is 0 Å². The van der Waals surface area contributed by atoms with Gasteiger partial charge in [-0.1, -0.05) is 6.92 Å². The van der Waals surface area contributed by atoms with Crippen molar-refractivity contribution in [3.8, 4) is 0 Å². The second-order valence-corrected chi connectivity index (χ2v) is 6.32. The monoisotopic (exact) mass is 383 g/mol. The SMILES string of the molecule is CCc1c(N)c(C)c(C(=O)NC(CO)CO)c(C)c1C(=O)NC(CO)CO. The molecule has 1 rings (SSSR count). The van der Waals surface area contributed by atoms with E-state index < -0.39 is 50.3 Å². The van der Waals surface area contributed by atoms with Crippen LogP contribution in [0.1, 0.15) is 44.3 Å². The van der Waals surface area contributed by atoms with Crippen molar-refractivity contribution in [2.75, 3.05) is 32.2 Å². The van der Waals surface area contributed by atoms with Gasteiger partial charge >= 0.3 is 0 Å². The molecule has 0 aliphatic rings. The van der Waals surface area contributed by atoms with Crippen LogP contribution in [0.4, 0.5) is 5.69 Å². The Hall–Kier alpha value is -2.20. The van der Waals surface area contributed by atoms with Gasteiger partial charge in [0.25, 0.3) is 11.8 Å². The Labute approximate surface area is 158 Å². The number of carbonyl (C=O) groups excluding carboxylic acids is 2. The molecule has 0 radical (unpaired) electrons. The summed E-state index contributed by atoms with van der Waals surface area (Å²) in [5.41, 5.74) is 8.31. The van der Waals surface area contributed by atoms with Gasteiger partial charge in [-0.3, -0.25) is 9.59 Å². The molecule has 0 saturated heterocycles. The summed E-state index contributed by atoms with van der Waals surface area (Å²) >= 11 is 0. The molecule has 0 aromatic heterocycles. The normalized spacial score (nSPS) is 11.1. The van der Waals surface area contributed by atoms with Gasteiger partial charge in [0, 0.05) is 16.8 Å². The van der Waals surface area contributed by atoms with Gasteiger partial charge in [-0.2, -0.15) is 0 Å². The highest BCUT2D eigenvalue weighted by Crippen LogP contribution is 2.30. The van der Waals surface area contributed by atoms with Gasteiger partial charge < -0.3 is 36.8 Å². The van der Waals surface area contributed by atoms with Crippen molar-refractivity contribution in [1.29, 1.82) is 0 Å². The topological polar surface area (TPSA) is 165 Å². The lowest BCUT2D eigenvalue weighted by Crippen LogP contribution is -2.42. The van der Waals surface area contributed by atoms with Gasteiger partial charge in [0.15, 0.2) is 0 Å². The summed E-state index contributed by atoms with van der Waals surface area (Å²) in [6.45, 7) is 3.34. The second kappa shape index (κ2) is 10.2. The Balaban J connectivity index is 3.49. The molecule has 0 unspecified atom stereocenters. The number of amides is 2. The predicted octanol–water partition coefficient (Wildman–Crippen LogP) is -1.39. The minimum atomic E-state index is -0.839. The first-order valence-electron chi connectivity index (χ1n) is 8.73. The van der Waals surface area contributed by atoms with E-state index in [9.17, 15) is 30.0 Å². The van der Waals surface area contributed by atoms with E-state index in [1.54, 1.807) is 13.8 Å². The predicted molar refractivity (Wildman–Crippen MR) is 101 cm³/mol. The van der Waals surface area contributed by atoms with Crippen molar-refractivity contribution in [3.63, 3.8) is 0 Å². The number of hydrogen-bond donors (Lipinski definition) is 7. The molecule has 0 aliphatic carbocycles. The first kappa shape index (κ1) is 22.8. The molecule has 0 spiro atoms. The molecule has 0 bridgehead atoms. The fourth-order valence-electron chi connectivity index (χ4n) is 2.96. The zero-order valence-electron chi connectivity index (χ0n) is 15.9. The van der Waals surface area contributed by atoms with Crippen molar-refractivity contribution in [2.45, 2.75) is 39.3 Å². The van der Waals surface area contributed by atoms with Crippen LogP contribution in [0.5, 0.6) is 0 Å². The Bertz CT molecular complexity index is 684. The standard InChI is InChI=1S/C18H29N3O6/c1-4-13-15(18(27)21-12(7-24)8-25)9(2)14(10(3)16(13)19)17(26)20-11(5-22)6-23/h11-12,22-25H,4-8,19H2,1-3H3,(H,20,26)(H,21,27). The third-order valence-corrected chi connectivity index (χ3v) is 4.52. The van der Waals surface area contributed by atoms with Crippen LogP contribution in [0.2, 0.25) is 0 Å². The Kier molecular flexibility index (Phi) is 8.64. The molecule has 0 heterocycles. The number of nitrogens with two attached hydrogens (primary N) is 1. The molecule has 1 aromatic rings. The Morgan fingerprint density at radius 1 is 0.852 bits per heavy atom. The summed E-state index contributed by atoms with van der Waals surface area (Å²) in [6.07, 6.45) is 0.441. The largest absolute Gasteiger partial charge is 0.398 e. The maximum Gasteiger partial charge on any atom is 0.252 e. The molecule has 1 aromatic carbocycles. The van der Waals surface area contributed by atoms with Crippen molar-refractivity contribution in [2.24, 2.45) is 0 Å². The lowest BCUT2D eigenvalue weighted by Gasteiger charge is -2.23. The lowest BCUT2D eigenvalue weighted by atomic mass is 9.88. The molecule has 2 amide bonds. The zero-order valence-corrected chi connectivity index (χ0v) is 15.9. The van der Waals surface area contributed by atoms with E-state index in [1.165, 1.54) is 0 Å². The highest BCUT2D eigenvalue weighted by Gasteiger charge is 2.27. The molecule has 9 heteroatoms. The minimum Gasteiger partial charge on any atom is -0.398 e. The number of carbonyl (C=O) groups is 2. The van der Waals surface area contributed by atoms with Gasteiger partial charge in [-0.15, -0.1) is 0 Å². The third-order valence-electron chi connectivity index (χ3n) is 4.52. The number of rotatable bonds is 9. The molecule has 0 atom stereocenters. The van der Waals surface area contributed by atoms with Crippen LogP contribution in [0.15, 0.2) is 0 Å². The molecule has 9 nitrogen and oxygen atoms in total. The first-order chi connectivity index (χ1) is 12.8. The van der Waals surface area contributed by atoms with Crippen LogP contribution in [-0.2, 0) is 6.42 Å². The molecule has 8 N–H and O–H groups in total. The zero-order chi connectivity index (χ0) is 20.7. The van der Waals surface area contributed by atoms with Crippen molar-refractivity contribution in [3.05, 3.63) is 27.8 Å². The molecular weight excluding hydrogens is 354 g/mol. The average Bonchev–Trinajstić information content (AvgIpc) is 2.66. The molecule has 27 heavy (non-hydrogen) atoms. The van der Waals surface area contributed by atoms with E-state index in [2.05, 4.69) is 10.6 Å². The van der Waals surface area contributed by atoms with Gasteiger partial charge in [-0.05, 0) is 37.0 Å². The number of nitrogen functional groups attached to an aromatic ring is 1. The summed E-state index contributed by atoms with van der Waals surface area (Å²) in [5, 5.41) is 41.8. The Morgan fingerprint density at radius 3 is 1.63 bits per heavy atom. The molecule has 0 fully saturated rings. The van der Waals surface area contributed by atoms with E-state index in [0.29, 0.717) is 28.8 Å².